The molecule has 0 spiro atoms. The number of alkyl halides is 3. The molecule has 4 rings (SSSR count). The summed E-state index contributed by atoms with van der Waals surface area (Å²) >= 11 is 0. The minimum absolute atomic E-state index is 0.145. The van der Waals surface area contributed by atoms with Gasteiger partial charge in [-0.25, -0.2) is 4.39 Å². The zero-order valence-corrected chi connectivity index (χ0v) is 20.0. The van der Waals surface area contributed by atoms with Gasteiger partial charge >= 0.3 is 6.18 Å². The number of carbonyl (C=O) groups excluding carboxylic acids is 1. The van der Waals surface area contributed by atoms with Gasteiger partial charge in [0.2, 0.25) is 5.91 Å². The second-order valence-corrected chi connectivity index (χ2v) is 9.35. The number of rotatable bonds is 10. The molecule has 4 nitrogen and oxygen atoms in total. The maximum absolute atomic E-state index is 14.0. The van der Waals surface area contributed by atoms with E-state index in [9.17, 15) is 22.4 Å². The van der Waals surface area contributed by atoms with E-state index in [2.05, 4.69) is 15.6 Å². The highest BCUT2D eigenvalue weighted by atomic mass is 19.4. The summed E-state index contributed by atoms with van der Waals surface area (Å²) in [6.45, 7) is 2.30. The second-order valence-electron chi connectivity index (χ2n) is 9.35. The molecule has 1 aliphatic carbocycles. The van der Waals surface area contributed by atoms with Crippen LogP contribution in [0, 0.1) is 18.7 Å². The summed E-state index contributed by atoms with van der Waals surface area (Å²) in [5.74, 6) is 0.0486. The number of amides is 1. The number of aryl methyl sites for hydroxylation is 2. The van der Waals surface area contributed by atoms with Crippen LogP contribution in [-0.2, 0) is 17.4 Å². The molecule has 1 heterocycles. The molecule has 1 unspecified atom stereocenters. The van der Waals surface area contributed by atoms with Crippen molar-refractivity contribution in [2.75, 3.05) is 6.54 Å². The highest BCUT2D eigenvalue weighted by Crippen LogP contribution is 2.30. The highest BCUT2D eigenvalue weighted by molar-refractivity contribution is 5.83. The predicted molar refractivity (Wildman–Crippen MR) is 129 cm³/mol. The number of hydrogen-bond acceptors (Lipinski definition) is 3. The fraction of sp³-hybridized carbons (Fsp3) is 0.357. The van der Waals surface area contributed by atoms with E-state index in [1.165, 1.54) is 18.3 Å². The van der Waals surface area contributed by atoms with Gasteiger partial charge in [-0.3, -0.25) is 15.1 Å². The molecule has 2 N–H and O–H groups in total. The molecule has 2 atom stereocenters. The van der Waals surface area contributed by atoms with Gasteiger partial charge in [0.05, 0.1) is 0 Å². The molecule has 3 aromatic rings. The monoisotopic (exact) mass is 499 g/mol. The number of nitrogens with one attached hydrogen (secondary N) is 2. The summed E-state index contributed by atoms with van der Waals surface area (Å²) in [6.07, 6.45) is -0.148. The van der Waals surface area contributed by atoms with Crippen molar-refractivity contribution in [1.82, 2.24) is 15.6 Å². The van der Waals surface area contributed by atoms with E-state index in [1.54, 1.807) is 19.1 Å². The summed E-state index contributed by atoms with van der Waals surface area (Å²) in [5, 5.41) is 6.48. The molecule has 0 saturated heterocycles. The Bertz CT molecular complexity index is 1160. The molecule has 0 bridgehead atoms. The molecule has 1 aliphatic rings. The van der Waals surface area contributed by atoms with E-state index >= 15 is 0 Å². The van der Waals surface area contributed by atoms with Crippen LogP contribution >= 0.6 is 0 Å². The number of hydrogen-bond donors (Lipinski definition) is 2. The Morgan fingerprint density at radius 2 is 1.81 bits per heavy atom. The normalized spacial score (nSPS) is 15.4. The Hall–Kier alpha value is -3.26. The van der Waals surface area contributed by atoms with Crippen LogP contribution in [0.2, 0.25) is 0 Å². The summed E-state index contributed by atoms with van der Waals surface area (Å²) in [5.41, 5.74) is 1.77. The molecule has 0 radical (unpaired) electrons. The van der Waals surface area contributed by atoms with Crippen molar-refractivity contribution in [2.45, 2.75) is 50.9 Å². The SMILES string of the molecule is Cc1cc([C@H](CCc2ccc(C(F)(F)F)nc2)NC(C(=O)NCC2CC2)c2ccccc2)ccc1F. The van der Waals surface area contributed by atoms with Gasteiger partial charge in [-0.15, -0.1) is 0 Å². The molecule has 1 aromatic heterocycles. The van der Waals surface area contributed by atoms with Crippen LogP contribution in [0.4, 0.5) is 17.6 Å². The quantitative estimate of drug-likeness (QED) is 0.333. The van der Waals surface area contributed by atoms with E-state index in [0.29, 0.717) is 36.4 Å². The lowest BCUT2D eigenvalue weighted by atomic mass is 9.95. The van der Waals surface area contributed by atoms with Crippen molar-refractivity contribution in [2.24, 2.45) is 5.92 Å². The van der Waals surface area contributed by atoms with Gasteiger partial charge in [-0.2, -0.15) is 13.2 Å². The third kappa shape index (κ3) is 6.91. The van der Waals surface area contributed by atoms with Crippen molar-refractivity contribution >= 4 is 5.91 Å². The van der Waals surface area contributed by atoms with Crippen LogP contribution in [0.25, 0.3) is 0 Å². The minimum Gasteiger partial charge on any atom is -0.354 e. The van der Waals surface area contributed by atoms with Crippen LogP contribution in [0.3, 0.4) is 0 Å². The van der Waals surface area contributed by atoms with Gasteiger partial charge < -0.3 is 5.32 Å². The first-order valence-electron chi connectivity index (χ1n) is 12.1. The summed E-state index contributed by atoms with van der Waals surface area (Å²) in [6, 6.07) is 15.5. The van der Waals surface area contributed by atoms with Crippen LogP contribution in [0.1, 0.15) is 59.3 Å². The molecule has 1 fully saturated rings. The lowest BCUT2D eigenvalue weighted by molar-refractivity contribution is -0.141. The number of halogens is 4. The van der Waals surface area contributed by atoms with E-state index in [-0.39, 0.29) is 17.8 Å². The topological polar surface area (TPSA) is 54.0 Å². The largest absolute Gasteiger partial charge is 0.433 e. The Kier molecular flexibility index (Phi) is 8.04. The molecular formula is C28H29F4N3O. The molecule has 2 aromatic carbocycles. The maximum atomic E-state index is 14.0. The fourth-order valence-corrected chi connectivity index (χ4v) is 4.12. The van der Waals surface area contributed by atoms with Gasteiger partial charge in [0, 0.05) is 18.8 Å². The average Bonchev–Trinajstić information content (AvgIpc) is 3.69. The van der Waals surface area contributed by atoms with E-state index in [1.807, 2.05) is 30.3 Å². The number of nitrogens with zero attached hydrogens (tertiary/aromatic N) is 1. The van der Waals surface area contributed by atoms with Gasteiger partial charge in [-0.1, -0.05) is 48.5 Å². The van der Waals surface area contributed by atoms with Gasteiger partial charge in [0.25, 0.3) is 0 Å². The molecular weight excluding hydrogens is 470 g/mol. The molecule has 36 heavy (non-hydrogen) atoms. The number of benzene rings is 2. The van der Waals surface area contributed by atoms with E-state index < -0.39 is 17.9 Å². The van der Waals surface area contributed by atoms with E-state index in [0.717, 1.165) is 30.0 Å². The first-order valence-corrected chi connectivity index (χ1v) is 12.1. The third-order valence-electron chi connectivity index (χ3n) is 6.45. The predicted octanol–water partition coefficient (Wildman–Crippen LogP) is 6.08. The molecule has 190 valence electrons. The second kappa shape index (κ2) is 11.2. The van der Waals surface area contributed by atoms with Crippen molar-refractivity contribution in [3.8, 4) is 0 Å². The van der Waals surface area contributed by atoms with Gasteiger partial charge in [0.15, 0.2) is 0 Å². The van der Waals surface area contributed by atoms with Crippen LogP contribution in [0.15, 0.2) is 66.9 Å². The van der Waals surface area contributed by atoms with Crippen molar-refractivity contribution < 1.29 is 22.4 Å². The first-order chi connectivity index (χ1) is 17.2. The van der Waals surface area contributed by atoms with E-state index in [4.69, 9.17) is 0 Å². The van der Waals surface area contributed by atoms with Crippen molar-refractivity contribution in [1.29, 1.82) is 0 Å². The third-order valence-corrected chi connectivity index (χ3v) is 6.45. The van der Waals surface area contributed by atoms with Crippen molar-refractivity contribution in [3.05, 3.63) is 101 Å². The van der Waals surface area contributed by atoms with Crippen LogP contribution < -0.4 is 10.6 Å². The number of pyridine rings is 1. The Morgan fingerprint density at radius 3 is 2.42 bits per heavy atom. The van der Waals surface area contributed by atoms with Crippen LogP contribution in [0.5, 0.6) is 0 Å². The zero-order valence-electron chi connectivity index (χ0n) is 20.0. The highest BCUT2D eigenvalue weighted by Gasteiger charge is 2.32. The van der Waals surface area contributed by atoms with Gasteiger partial charge in [0.1, 0.15) is 17.6 Å². The van der Waals surface area contributed by atoms with Crippen molar-refractivity contribution in [3.63, 3.8) is 0 Å². The van der Waals surface area contributed by atoms with Crippen LogP contribution in [-0.4, -0.2) is 17.4 Å². The Morgan fingerprint density at radius 1 is 1.06 bits per heavy atom. The first kappa shape index (κ1) is 25.8. The molecule has 0 aliphatic heterocycles. The number of aromatic nitrogens is 1. The van der Waals surface area contributed by atoms with Gasteiger partial charge in [-0.05, 0) is 72.9 Å². The maximum Gasteiger partial charge on any atom is 0.433 e. The number of carbonyl (C=O) groups is 1. The average molecular weight is 500 g/mol. The molecule has 1 amide bonds. The Balaban J connectivity index is 1.57. The zero-order chi connectivity index (χ0) is 25.7. The summed E-state index contributed by atoms with van der Waals surface area (Å²) in [7, 11) is 0. The fourth-order valence-electron chi connectivity index (χ4n) is 4.12. The Labute approximate surface area is 208 Å². The minimum atomic E-state index is -4.50. The molecule has 8 heteroatoms. The smallest absolute Gasteiger partial charge is 0.354 e. The standard InChI is InChI=1S/C28H29F4N3O/c1-18-15-22(11-12-23(18)29)24(13-9-20-10-14-25(33-16-20)28(30,31)32)35-26(21-5-3-2-4-6-21)27(36)34-17-19-7-8-19/h2-6,10-12,14-16,19,24,26,35H,7-9,13,17H2,1H3,(H,34,36)/t24-,26?/m0/s1. The lowest BCUT2D eigenvalue weighted by Crippen LogP contribution is -2.40. The lowest BCUT2D eigenvalue weighted by Gasteiger charge is -2.27. The molecule has 1 saturated carbocycles. The summed E-state index contributed by atoms with van der Waals surface area (Å²) < 4.78 is 52.6. The summed E-state index contributed by atoms with van der Waals surface area (Å²) in [4.78, 5) is 16.8.